The van der Waals surface area contributed by atoms with Gasteiger partial charge in [-0.3, -0.25) is 5.41 Å². The number of hydrogen-bond donors (Lipinski definition) is 1. The molecule has 3 nitrogen and oxygen atoms in total. The van der Waals surface area contributed by atoms with Crippen LogP contribution in [0, 0.1) is 5.41 Å². The maximum Gasteiger partial charge on any atom is 0.131 e. The van der Waals surface area contributed by atoms with E-state index in [2.05, 4.69) is 11.8 Å². The Hall–Kier alpha value is -1.25. The van der Waals surface area contributed by atoms with E-state index in [0.717, 1.165) is 30.8 Å². The van der Waals surface area contributed by atoms with E-state index in [-0.39, 0.29) is 0 Å². The Morgan fingerprint density at radius 1 is 1.28 bits per heavy atom. The molecule has 2 heterocycles. The molecule has 0 atom stereocenters. The summed E-state index contributed by atoms with van der Waals surface area (Å²) in [5.74, 6) is 1.67. The van der Waals surface area contributed by atoms with Gasteiger partial charge in [-0.1, -0.05) is 19.8 Å². The van der Waals surface area contributed by atoms with Crippen LogP contribution in [0.5, 0.6) is 0 Å². The van der Waals surface area contributed by atoms with Crippen LogP contribution in [-0.4, -0.2) is 23.8 Å². The lowest BCUT2D eigenvalue weighted by Gasteiger charge is -2.28. The summed E-state index contributed by atoms with van der Waals surface area (Å²) < 4.78 is 5.56. The molecule has 0 unspecified atom stereocenters. The van der Waals surface area contributed by atoms with Crippen molar-refractivity contribution in [1.82, 2.24) is 4.90 Å². The van der Waals surface area contributed by atoms with Crippen LogP contribution in [0.3, 0.4) is 0 Å². The number of furan rings is 1. The zero-order valence-corrected chi connectivity index (χ0v) is 11.4. The average Bonchev–Trinajstić information content (AvgIpc) is 2.88. The van der Waals surface area contributed by atoms with Gasteiger partial charge in [-0.2, -0.15) is 0 Å². The summed E-state index contributed by atoms with van der Waals surface area (Å²) >= 11 is 0. The maximum atomic E-state index is 8.22. The molecule has 0 aromatic carbocycles. The largest absolute Gasteiger partial charge is 0.469 e. The topological polar surface area (TPSA) is 40.2 Å². The molecule has 0 bridgehead atoms. The number of likely N-dealkylation sites (tertiary alicyclic amines) is 1. The van der Waals surface area contributed by atoms with Gasteiger partial charge in [-0.25, -0.2) is 0 Å². The highest BCUT2D eigenvalue weighted by atomic mass is 16.3. The van der Waals surface area contributed by atoms with Crippen molar-refractivity contribution >= 4 is 5.84 Å². The number of hydrogen-bond acceptors (Lipinski definition) is 2. The Balaban J connectivity index is 1.89. The van der Waals surface area contributed by atoms with Crippen LogP contribution in [0.2, 0.25) is 0 Å². The first-order valence-electron chi connectivity index (χ1n) is 7.22. The Kier molecular flexibility index (Phi) is 4.85. The van der Waals surface area contributed by atoms with E-state index < -0.39 is 0 Å². The van der Waals surface area contributed by atoms with Crippen LogP contribution < -0.4 is 0 Å². The smallest absolute Gasteiger partial charge is 0.131 e. The minimum Gasteiger partial charge on any atom is -0.469 e. The monoisotopic (exact) mass is 248 g/mol. The highest BCUT2D eigenvalue weighted by Gasteiger charge is 2.16. The Morgan fingerprint density at radius 3 is 2.78 bits per heavy atom. The van der Waals surface area contributed by atoms with Crippen molar-refractivity contribution in [3.8, 4) is 0 Å². The molecule has 1 fully saturated rings. The highest BCUT2D eigenvalue weighted by Crippen LogP contribution is 2.16. The Morgan fingerprint density at radius 2 is 2.06 bits per heavy atom. The molecule has 1 saturated heterocycles. The lowest BCUT2D eigenvalue weighted by atomic mass is 10.1. The third kappa shape index (κ3) is 3.37. The van der Waals surface area contributed by atoms with Crippen LogP contribution in [0.25, 0.3) is 0 Å². The van der Waals surface area contributed by atoms with Gasteiger partial charge in [-0.05, 0) is 31.7 Å². The molecule has 1 aliphatic rings. The first kappa shape index (κ1) is 13.2. The van der Waals surface area contributed by atoms with Crippen molar-refractivity contribution in [2.45, 2.75) is 51.9 Å². The molecule has 0 radical (unpaired) electrons. The fourth-order valence-corrected chi connectivity index (χ4v) is 2.49. The molecule has 100 valence electrons. The third-order valence-corrected chi connectivity index (χ3v) is 3.63. The summed E-state index contributed by atoms with van der Waals surface area (Å²) in [5.41, 5.74) is 0.948. The van der Waals surface area contributed by atoms with Crippen molar-refractivity contribution in [3.63, 3.8) is 0 Å². The summed E-state index contributed by atoms with van der Waals surface area (Å²) in [6.07, 6.45) is 10.1. The van der Waals surface area contributed by atoms with E-state index in [1.54, 1.807) is 6.26 Å². The Bertz CT molecular complexity index is 378. The normalized spacial score (nSPS) is 15.9. The molecule has 1 N–H and O–H groups in total. The minimum absolute atomic E-state index is 0.639. The molecule has 1 aromatic rings. The van der Waals surface area contributed by atoms with Crippen molar-refractivity contribution in [2.75, 3.05) is 13.1 Å². The van der Waals surface area contributed by atoms with Gasteiger partial charge in [0.2, 0.25) is 0 Å². The molecule has 0 amide bonds. The van der Waals surface area contributed by atoms with Crippen molar-refractivity contribution in [2.24, 2.45) is 0 Å². The lowest BCUT2D eigenvalue weighted by molar-refractivity contribution is 0.341. The molecule has 0 aliphatic carbocycles. The zero-order chi connectivity index (χ0) is 12.8. The minimum atomic E-state index is 0.639. The van der Waals surface area contributed by atoms with Crippen LogP contribution in [0.4, 0.5) is 0 Å². The summed E-state index contributed by atoms with van der Waals surface area (Å²) in [6.45, 7) is 4.25. The van der Waals surface area contributed by atoms with E-state index in [1.165, 1.54) is 38.5 Å². The number of nitrogens with zero attached hydrogens (tertiary/aromatic N) is 1. The van der Waals surface area contributed by atoms with E-state index in [9.17, 15) is 0 Å². The van der Waals surface area contributed by atoms with Crippen LogP contribution in [0.15, 0.2) is 16.7 Å². The number of nitrogens with one attached hydrogen (secondary N) is 1. The SMILES string of the molecule is CCCCCc1cc(C(=N)N2CCCCC2)co1. The van der Waals surface area contributed by atoms with Gasteiger partial charge in [0, 0.05) is 19.5 Å². The van der Waals surface area contributed by atoms with Gasteiger partial charge in [-0.15, -0.1) is 0 Å². The van der Waals surface area contributed by atoms with Crippen LogP contribution in [0.1, 0.15) is 56.8 Å². The number of aryl methyl sites for hydroxylation is 1. The quantitative estimate of drug-likeness (QED) is 0.489. The lowest BCUT2D eigenvalue weighted by Crippen LogP contribution is -2.35. The Labute approximate surface area is 110 Å². The van der Waals surface area contributed by atoms with Gasteiger partial charge in [0.05, 0.1) is 5.56 Å². The van der Waals surface area contributed by atoms with Crippen LogP contribution in [-0.2, 0) is 6.42 Å². The van der Waals surface area contributed by atoms with E-state index in [0.29, 0.717) is 5.84 Å². The first-order chi connectivity index (χ1) is 8.81. The molecule has 0 saturated carbocycles. The molecule has 1 aromatic heterocycles. The van der Waals surface area contributed by atoms with E-state index >= 15 is 0 Å². The van der Waals surface area contributed by atoms with Gasteiger partial charge in [0.15, 0.2) is 0 Å². The molecule has 3 heteroatoms. The zero-order valence-electron chi connectivity index (χ0n) is 11.4. The predicted molar refractivity (Wildman–Crippen MR) is 74.2 cm³/mol. The van der Waals surface area contributed by atoms with Crippen molar-refractivity contribution in [3.05, 3.63) is 23.7 Å². The standard InChI is InChI=1S/C15H24N2O/c1-2-3-5-8-14-11-13(12-18-14)15(16)17-9-6-4-7-10-17/h11-12,16H,2-10H2,1H3. The fourth-order valence-electron chi connectivity index (χ4n) is 2.49. The summed E-state index contributed by atoms with van der Waals surface area (Å²) in [5, 5.41) is 8.22. The molecule has 2 rings (SSSR count). The van der Waals surface area contributed by atoms with Gasteiger partial charge >= 0.3 is 0 Å². The third-order valence-electron chi connectivity index (χ3n) is 3.63. The average molecular weight is 248 g/mol. The molecular formula is C15H24N2O. The molecule has 1 aliphatic heterocycles. The van der Waals surface area contributed by atoms with Gasteiger partial charge < -0.3 is 9.32 Å². The van der Waals surface area contributed by atoms with Gasteiger partial charge in [0.25, 0.3) is 0 Å². The van der Waals surface area contributed by atoms with Gasteiger partial charge in [0.1, 0.15) is 17.9 Å². The summed E-state index contributed by atoms with van der Waals surface area (Å²) in [6, 6.07) is 2.05. The molecular weight excluding hydrogens is 224 g/mol. The predicted octanol–water partition coefficient (Wildman–Crippen LogP) is 3.82. The number of unbranched alkanes of at least 4 members (excludes halogenated alkanes) is 2. The molecule has 18 heavy (non-hydrogen) atoms. The second-order valence-electron chi connectivity index (χ2n) is 5.16. The highest BCUT2D eigenvalue weighted by molar-refractivity contribution is 5.96. The second kappa shape index (κ2) is 6.62. The number of piperidine rings is 1. The van der Waals surface area contributed by atoms with E-state index in [4.69, 9.17) is 9.83 Å². The van der Waals surface area contributed by atoms with E-state index in [1.807, 2.05) is 6.07 Å². The summed E-state index contributed by atoms with van der Waals surface area (Å²) in [7, 11) is 0. The summed E-state index contributed by atoms with van der Waals surface area (Å²) in [4.78, 5) is 2.17. The van der Waals surface area contributed by atoms with Crippen molar-refractivity contribution in [1.29, 1.82) is 5.41 Å². The fraction of sp³-hybridized carbons (Fsp3) is 0.667. The number of amidine groups is 1. The van der Waals surface area contributed by atoms with Crippen LogP contribution >= 0.6 is 0 Å². The number of rotatable bonds is 5. The first-order valence-corrected chi connectivity index (χ1v) is 7.22. The maximum absolute atomic E-state index is 8.22. The molecule has 0 spiro atoms. The second-order valence-corrected chi connectivity index (χ2v) is 5.16. The van der Waals surface area contributed by atoms with Crippen molar-refractivity contribution < 1.29 is 4.42 Å².